The number of hydrogen-bond acceptors (Lipinski definition) is 11. The summed E-state index contributed by atoms with van der Waals surface area (Å²) in [6.45, 7) is 4.18. The first-order valence-corrected chi connectivity index (χ1v) is 7.61. The van der Waals surface area contributed by atoms with E-state index in [1.54, 1.807) is 20.8 Å². The summed E-state index contributed by atoms with van der Waals surface area (Å²) in [5.74, 6) is -1.88. The van der Waals surface area contributed by atoms with E-state index in [2.05, 4.69) is 20.0 Å². The van der Waals surface area contributed by atoms with Crippen molar-refractivity contribution >= 4 is 24.3 Å². The zero-order valence-corrected chi connectivity index (χ0v) is 14.7. The molecular formula is C15H20N4O7. The van der Waals surface area contributed by atoms with E-state index in [9.17, 15) is 19.2 Å². The van der Waals surface area contributed by atoms with Gasteiger partial charge in [-0.05, 0) is 20.8 Å². The first-order chi connectivity index (χ1) is 12.4. The molecule has 3 atom stereocenters. The molecule has 3 unspecified atom stereocenters. The second-order valence-electron chi connectivity index (χ2n) is 5.17. The number of rotatable bonds is 14. The molecule has 0 amide bonds. The van der Waals surface area contributed by atoms with Crippen LogP contribution in [-0.2, 0) is 33.4 Å². The highest BCUT2D eigenvalue weighted by molar-refractivity contribution is 5.33. The Morgan fingerprint density at radius 3 is 1.23 bits per heavy atom. The van der Waals surface area contributed by atoms with Gasteiger partial charge in [0, 0.05) is 0 Å². The molecule has 0 aromatic carbocycles. The molecule has 0 saturated heterocycles. The Labute approximate surface area is 149 Å². The summed E-state index contributed by atoms with van der Waals surface area (Å²) in [7, 11) is 0. The van der Waals surface area contributed by atoms with Crippen molar-refractivity contribution in [2.45, 2.75) is 45.1 Å². The molecule has 0 spiro atoms. The lowest BCUT2D eigenvalue weighted by molar-refractivity contribution is -0.404. The summed E-state index contributed by atoms with van der Waals surface area (Å²) in [6.07, 6.45) is 3.44. The van der Waals surface area contributed by atoms with E-state index < -0.39 is 30.8 Å². The molecular weight excluding hydrogens is 348 g/mol. The van der Waals surface area contributed by atoms with Crippen molar-refractivity contribution < 1.29 is 33.4 Å². The first-order valence-electron chi connectivity index (χ1n) is 7.61. The summed E-state index contributed by atoms with van der Waals surface area (Å²) >= 11 is 0. The van der Waals surface area contributed by atoms with Crippen LogP contribution in [0.4, 0.5) is 0 Å². The molecule has 0 aromatic heterocycles. The Morgan fingerprint density at radius 1 is 0.654 bits per heavy atom. The summed E-state index contributed by atoms with van der Waals surface area (Å²) in [5.41, 5.74) is 0. The van der Waals surface area contributed by atoms with E-state index in [-0.39, 0.29) is 19.6 Å². The minimum Gasteiger partial charge on any atom is -0.321 e. The van der Waals surface area contributed by atoms with Gasteiger partial charge >= 0.3 is 5.97 Å². The summed E-state index contributed by atoms with van der Waals surface area (Å²) < 4.78 is 17.0. The van der Waals surface area contributed by atoms with E-state index in [0.717, 1.165) is 0 Å². The molecule has 0 aliphatic carbocycles. The lowest BCUT2D eigenvalue weighted by Crippen LogP contribution is -2.50. The van der Waals surface area contributed by atoms with E-state index in [1.807, 2.05) is 0 Å². The van der Waals surface area contributed by atoms with Crippen molar-refractivity contribution in [2.24, 2.45) is 20.0 Å². The quantitative estimate of drug-likeness (QED) is 0.242. The second kappa shape index (κ2) is 13.7. The van der Waals surface area contributed by atoms with Crippen LogP contribution in [0.15, 0.2) is 20.0 Å². The van der Waals surface area contributed by atoms with Gasteiger partial charge in [-0.3, -0.25) is 0 Å². The number of isocyanates is 4. The fourth-order valence-electron chi connectivity index (χ4n) is 1.85. The van der Waals surface area contributed by atoms with Crippen LogP contribution in [0.1, 0.15) is 20.8 Å². The van der Waals surface area contributed by atoms with Gasteiger partial charge in [0.2, 0.25) is 24.3 Å². The van der Waals surface area contributed by atoms with E-state index in [4.69, 9.17) is 14.2 Å². The van der Waals surface area contributed by atoms with Crippen molar-refractivity contribution in [1.29, 1.82) is 0 Å². The first kappa shape index (κ1) is 23.4. The Morgan fingerprint density at radius 2 is 0.962 bits per heavy atom. The number of nitrogens with zero attached hydrogens (tertiary/aromatic N) is 4. The van der Waals surface area contributed by atoms with Gasteiger partial charge in [0.1, 0.15) is 6.54 Å². The lowest BCUT2D eigenvalue weighted by atomic mass is 10.3. The molecule has 0 heterocycles. The molecule has 0 fully saturated rings. The van der Waals surface area contributed by atoms with Gasteiger partial charge in [0.25, 0.3) is 0 Å². The number of hydrogen-bond donors (Lipinski definition) is 0. The minimum atomic E-state index is -1.88. The Bertz CT molecular complexity index is 546. The summed E-state index contributed by atoms with van der Waals surface area (Å²) in [6, 6.07) is 0. The molecule has 0 N–H and O–H groups in total. The van der Waals surface area contributed by atoms with Crippen LogP contribution in [-0.4, -0.2) is 74.8 Å². The van der Waals surface area contributed by atoms with Gasteiger partial charge in [-0.15, -0.1) is 0 Å². The normalized spacial score (nSPS) is 15.7. The maximum atomic E-state index is 10.6. The molecule has 11 heteroatoms. The van der Waals surface area contributed by atoms with Gasteiger partial charge in [-0.1, -0.05) is 0 Å². The Kier molecular flexibility index (Phi) is 12.3. The summed E-state index contributed by atoms with van der Waals surface area (Å²) in [5, 5.41) is 0. The van der Waals surface area contributed by atoms with E-state index in [0.29, 0.717) is 0 Å². The molecule has 0 radical (unpaired) electrons. The predicted molar refractivity (Wildman–Crippen MR) is 86.3 cm³/mol. The van der Waals surface area contributed by atoms with E-state index in [1.165, 1.54) is 24.3 Å². The van der Waals surface area contributed by atoms with Crippen LogP contribution in [0.3, 0.4) is 0 Å². The average molecular weight is 368 g/mol. The molecule has 0 aliphatic heterocycles. The second-order valence-corrected chi connectivity index (χ2v) is 5.17. The van der Waals surface area contributed by atoms with Crippen molar-refractivity contribution in [3.63, 3.8) is 0 Å². The zero-order valence-electron chi connectivity index (χ0n) is 14.7. The van der Waals surface area contributed by atoms with Crippen molar-refractivity contribution in [1.82, 2.24) is 0 Å². The van der Waals surface area contributed by atoms with Crippen LogP contribution in [0, 0.1) is 0 Å². The molecule has 0 bridgehead atoms. The highest BCUT2D eigenvalue weighted by Crippen LogP contribution is 2.23. The molecule has 0 saturated carbocycles. The number of carbonyl (C=O) groups excluding carboxylic acids is 4. The van der Waals surface area contributed by atoms with Gasteiger partial charge in [0.15, 0.2) is 0 Å². The van der Waals surface area contributed by atoms with Gasteiger partial charge in [-0.2, -0.15) is 4.99 Å². The number of ether oxygens (including phenoxy) is 3. The largest absolute Gasteiger partial charge is 0.321 e. The smallest absolute Gasteiger partial charge is 0.305 e. The lowest BCUT2D eigenvalue weighted by Gasteiger charge is -2.37. The Hall–Kier alpha value is -2.60. The highest BCUT2D eigenvalue weighted by atomic mass is 16.9. The molecule has 0 aromatic rings. The summed E-state index contributed by atoms with van der Waals surface area (Å²) in [4.78, 5) is 55.0. The predicted octanol–water partition coefficient (Wildman–Crippen LogP) is 0.199. The van der Waals surface area contributed by atoms with E-state index >= 15 is 0 Å². The third-order valence-corrected chi connectivity index (χ3v) is 2.72. The fourth-order valence-corrected chi connectivity index (χ4v) is 1.85. The number of aliphatic imine (C=N–C) groups is 4. The average Bonchev–Trinajstić information content (AvgIpc) is 2.61. The van der Waals surface area contributed by atoms with Gasteiger partial charge in [-0.25, -0.2) is 34.2 Å². The fraction of sp³-hybridized carbons (Fsp3) is 0.733. The molecule has 0 rings (SSSR count). The van der Waals surface area contributed by atoms with Crippen molar-refractivity contribution in [2.75, 3.05) is 26.2 Å². The highest BCUT2D eigenvalue weighted by Gasteiger charge is 2.39. The van der Waals surface area contributed by atoms with Crippen LogP contribution < -0.4 is 0 Å². The maximum absolute atomic E-state index is 10.6. The van der Waals surface area contributed by atoms with Crippen LogP contribution in [0.2, 0.25) is 0 Å². The van der Waals surface area contributed by atoms with Crippen molar-refractivity contribution in [3.05, 3.63) is 0 Å². The minimum absolute atomic E-state index is 0.0511. The standard InChI is InChI=1S/C15H20N4O7/c1-12(4-16-8-20)24-15(7-19-11-23,25-13(2)5-17-9-21)26-14(3)6-18-10-22/h12-14H,4-7H2,1-3H3. The van der Waals surface area contributed by atoms with Gasteiger partial charge < -0.3 is 14.2 Å². The monoisotopic (exact) mass is 368 g/mol. The van der Waals surface area contributed by atoms with Gasteiger partial charge in [0.05, 0.1) is 37.9 Å². The zero-order chi connectivity index (χ0) is 19.8. The Balaban J connectivity index is 5.56. The molecule has 26 heavy (non-hydrogen) atoms. The third kappa shape index (κ3) is 10.3. The topological polar surface area (TPSA) is 145 Å². The van der Waals surface area contributed by atoms with Crippen molar-refractivity contribution in [3.8, 4) is 0 Å². The van der Waals surface area contributed by atoms with Crippen LogP contribution in [0.25, 0.3) is 0 Å². The molecule has 11 nitrogen and oxygen atoms in total. The molecule has 142 valence electrons. The maximum Gasteiger partial charge on any atom is 0.305 e. The van der Waals surface area contributed by atoms with Crippen LogP contribution in [0.5, 0.6) is 0 Å². The van der Waals surface area contributed by atoms with Crippen LogP contribution >= 0.6 is 0 Å². The third-order valence-electron chi connectivity index (χ3n) is 2.72. The SMILES string of the molecule is CC(CN=C=O)OC(CN=C=O)(OC(C)CN=C=O)OC(C)CN=C=O. The molecule has 0 aliphatic rings.